The van der Waals surface area contributed by atoms with Gasteiger partial charge in [0.2, 0.25) is 0 Å². The molecule has 6 saturated carbocycles. The maximum absolute atomic E-state index is 17.4. The molecule has 29 heteroatoms. The van der Waals surface area contributed by atoms with E-state index in [4.69, 9.17) is 33.2 Å². The largest absolute Gasteiger partial charge is 0.459 e. The lowest BCUT2D eigenvalue weighted by Gasteiger charge is -2.54. The van der Waals surface area contributed by atoms with Crippen LogP contribution in [0.1, 0.15) is 126 Å². The maximum atomic E-state index is 17.4. The van der Waals surface area contributed by atoms with Crippen molar-refractivity contribution in [2.24, 2.45) is 87.8 Å². The van der Waals surface area contributed by atoms with Crippen LogP contribution in [0, 0.1) is 87.8 Å². The normalized spacial score (nSPS) is 39.1. The minimum atomic E-state index is -6.23. The molecule has 0 aromatic carbocycles. The molecule has 3 saturated heterocycles. The van der Waals surface area contributed by atoms with Gasteiger partial charge in [-0.05, 0) is 172 Å². The van der Waals surface area contributed by atoms with E-state index in [1.54, 1.807) is 0 Å². The van der Waals surface area contributed by atoms with E-state index in [9.17, 15) is 41.0 Å². The summed E-state index contributed by atoms with van der Waals surface area (Å²) in [5.41, 5.74) is -19.8. The molecular formula is C54H68F18O11. The second kappa shape index (κ2) is 20.8. The van der Waals surface area contributed by atoms with Gasteiger partial charge in [0.05, 0.1) is 30.3 Å². The SMILES string of the molecule is CCOC(C)OC(CC1CC2CC1C1OC(CC(C)(C(=O)OC(C)(C)C)C(F)(F)F)C(C(CC3OC4C(CC3C)C3CC(CC(O)(C(F)(F)F)C(F)(F)F)C4C3)(C(=O)OC3C4CC5C(=O)OC3C5C4)C(F)(F)F)CC21)(C(F)(F)F)C(F)(F)F. The number of rotatable bonds is 16. The van der Waals surface area contributed by atoms with Gasteiger partial charge in [-0.1, -0.05) is 6.92 Å². The molecule has 3 heterocycles. The topological polar surface area (TPSA) is 136 Å². The Kier molecular flexibility index (Phi) is 16.1. The van der Waals surface area contributed by atoms with Crippen molar-refractivity contribution < 1.29 is 132 Å². The summed E-state index contributed by atoms with van der Waals surface area (Å²) < 4.78 is 313. The van der Waals surface area contributed by atoms with Crippen LogP contribution in [0.2, 0.25) is 0 Å². The fraction of sp³-hybridized carbons (Fsp3) is 0.944. The van der Waals surface area contributed by atoms with Gasteiger partial charge in [0.15, 0.2) is 17.1 Å². The zero-order valence-electron chi connectivity index (χ0n) is 46.1. The lowest BCUT2D eigenvalue weighted by atomic mass is 9.58. The van der Waals surface area contributed by atoms with Crippen molar-refractivity contribution in [2.75, 3.05) is 6.61 Å². The number of esters is 3. The first-order chi connectivity index (χ1) is 37.7. The minimum Gasteiger partial charge on any atom is -0.459 e. The first kappa shape index (κ1) is 64.4. The van der Waals surface area contributed by atoms with Crippen LogP contribution >= 0.6 is 0 Å². The quantitative estimate of drug-likeness (QED) is 0.0685. The molecule has 9 fully saturated rings. The molecule has 0 radical (unpaired) electrons. The number of alkyl halides is 18. The third kappa shape index (κ3) is 10.6. The highest BCUT2D eigenvalue weighted by molar-refractivity contribution is 5.81. The summed E-state index contributed by atoms with van der Waals surface area (Å²) in [7, 11) is 0. The average Bonchev–Trinajstić information content (AvgIpc) is 1.82. The molecule has 476 valence electrons. The lowest BCUT2D eigenvalue weighted by molar-refractivity contribution is -0.412. The van der Waals surface area contributed by atoms with Crippen LogP contribution in [0.3, 0.4) is 0 Å². The molecule has 1 N–H and O–H groups in total. The summed E-state index contributed by atoms with van der Waals surface area (Å²) in [6.07, 6.45) is -58.2. The number of carbonyl (C=O) groups is 3. The van der Waals surface area contributed by atoms with Crippen LogP contribution in [0.4, 0.5) is 79.0 Å². The second-order valence-electron chi connectivity index (χ2n) is 26.7. The Morgan fingerprint density at radius 2 is 1.10 bits per heavy atom. The summed E-state index contributed by atoms with van der Waals surface area (Å²) in [6.45, 7) is 6.87. The Morgan fingerprint density at radius 3 is 1.59 bits per heavy atom. The van der Waals surface area contributed by atoms with Crippen molar-refractivity contribution in [3.05, 3.63) is 0 Å². The van der Waals surface area contributed by atoms with Gasteiger partial charge in [0.1, 0.15) is 17.8 Å². The molecule has 11 nitrogen and oxygen atoms in total. The van der Waals surface area contributed by atoms with E-state index in [1.165, 1.54) is 34.6 Å². The summed E-state index contributed by atoms with van der Waals surface area (Å²) >= 11 is 0. The summed E-state index contributed by atoms with van der Waals surface area (Å²) in [6, 6.07) is 0. The average molecular weight is 1240 g/mol. The molecule has 0 spiro atoms. The molecule has 22 atom stereocenters. The number of halogens is 18. The Hall–Kier alpha value is -3.05. The van der Waals surface area contributed by atoms with E-state index < -0.39 is 241 Å². The van der Waals surface area contributed by atoms with Gasteiger partial charge >= 0.3 is 55.0 Å². The lowest BCUT2D eigenvalue weighted by Crippen LogP contribution is -2.64. The predicted octanol–water partition coefficient (Wildman–Crippen LogP) is 12.7. The third-order valence-corrected chi connectivity index (χ3v) is 20.9. The second-order valence-corrected chi connectivity index (χ2v) is 26.7. The zero-order chi connectivity index (χ0) is 61.9. The molecule has 83 heavy (non-hydrogen) atoms. The Bertz CT molecular complexity index is 2410. The first-order valence-corrected chi connectivity index (χ1v) is 28.1. The van der Waals surface area contributed by atoms with E-state index in [0.717, 1.165) is 6.92 Å². The van der Waals surface area contributed by atoms with Crippen LogP contribution in [0.15, 0.2) is 0 Å². The number of aliphatic hydroxyl groups is 1. The van der Waals surface area contributed by atoms with E-state index in [2.05, 4.69) is 0 Å². The molecule has 0 amide bonds. The van der Waals surface area contributed by atoms with Gasteiger partial charge in [0.25, 0.3) is 11.2 Å². The fourth-order valence-corrected chi connectivity index (χ4v) is 17.0. The van der Waals surface area contributed by atoms with Gasteiger partial charge in [-0.25, -0.2) is 0 Å². The van der Waals surface area contributed by atoms with E-state index in [-0.39, 0.29) is 45.1 Å². The number of hydrogen-bond acceptors (Lipinski definition) is 11. The van der Waals surface area contributed by atoms with Crippen molar-refractivity contribution >= 4 is 17.9 Å². The van der Waals surface area contributed by atoms with Crippen molar-refractivity contribution in [2.45, 2.75) is 222 Å². The number of carbonyl (C=O) groups excluding carboxylic acids is 3. The van der Waals surface area contributed by atoms with Crippen LogP contribution in [0.5, 0.6) is 0 Å². The van der Waals surface area contributed by atoms with Gasteiger partial charge < -0.3 is 38.3 Å². The molecule has 6 bridgehead atoms. The van der Waals surface area contributed by atoms with Crippen molar-refractivity contribution in [3.63, 3.8) is 0 Å². The molecule has 22 unspecified atom stereocenters. The third-order valence-electron chi connectivity index (χ3n) is 20.9. The minimum absolute atomic E-state index is 0.00680. The molecule has 9 rings (SSSR count). The van der Waals surface area contributed by atoms with Crippen LogP contribution in [-0.4, -0.2) is 126 Å². The highest BCUT2D eigenvalue weighted by Gasteiger charge is 2.78. The van der Waals surface area contributed by atoms with Crippen molar-refractivity contribution in [1.29, 1.82) is 0 Å². The first-order valence-electron chi connectivity index (χ1n) is 28.1. The van der Waals surface area contributed by atoms with Crippen molar-refractivity contribution in [1.82, 2.24) is 0 Å². The molecular weight excluding hydrogens is 1170 g/mol. The summed E-state index contributed by atoms with van der Waals surface area (Å²) in [4.78, 5) is 42.4. The summed E-state index contributed by atoms with van der Waals surface area (Å²) in [5.74, 6) is -20.3. The zero-order valence-corrected chi connectivity index (χ0v) is 46.1. The number of fused-ring (bicyclic) bond motifs is 11. The van der Waals surface area contributed by atoms with Crippen LogP contribution in [-0.2, 0) is 47.5 Å². The molecule has 6 aliphatic carbocycles. The molecule has 9 aliphatic rings. The Labute approximate surface area is 465 Å². The van der Waals surface area contributed by atoms with Crippen LogP contribution < -0.4 is 0 Å². The van der Waals surface area contributed by atoms with Gasteiger partial charge in [-0.2, -0.15) is 79.0 Å². The highest BCUT2D eigenvalue weighted by Crippen LogP contribution is 2.68. The molecule has 0 aromatic rings. The van der Waals surface area contributed by atoms with Crippen LogP contribution in [0.25, 0.3) is 0 Å². The van der Waals surface area contributed by atoms with E-state index in [1.807, 2.05) is 0 Å². The maximum Gasteiger partial charge on any atom is 0.426 e. The van der Waals surface area contributed by atoms with Gasteiger partial charge in [-0.3, -0.25) is 14.4 Å². The number of ether oxygens (including phenoxy) is 7. The molecule has 0 aromatic heterocycles. The van der Waals surface area contributed by atoms with Crippen molar-refractivity contribution in [3.8, 4) is 0 Å². The van der Waals surface area contributed by atoms with E-state index in [0.29, 0.717) is 6.92 Å². The smallest absolute Gasteiger partial charge is 0.426 e. The monoisotopic (exact) mass is 1230 g/mol. The van der Waals surface area contributed by atoms with Gasteiger partial charge in [0, 0.05) is 24.4 Å². The molecule has 3 aliphatic heterocycles. The van der Waals surface area contributed by atoms with E-state index >= 15 is 57.5 Å². The Balaban J connectivity index is 1.14. The van der Waals surface area contributed by atoms with Gasteiger partial charge in [-0.15, -0.1) is 0 Å². The highest BCUT2D eigenvalue weighted by atomic mass is 19.4. The summed E-state index contributed by atoms with van der Waals surface area (Å²) in [5, 5.41) is 10.2. The number of hydrogen-bond donors (Lipinski definition) is 1. The predicted molar refractivity (Wildman–Crippen MR) is 246 cm³/mol. The standard InChI is InChI=1S/C54H68F18O11/c1-8-77-22(3)82-48(53(67,68)69,54(70,71)72)18-27-11-24-13-30(27)39-31(24)16-34(36(79-39)19-45(7,49(55,56)57)42(74)83-44(4,5)6)46(50(58,59)60,43(75)81-37-25-14-32-33(15-25)41(73)80-40(32)37)20-35-21(2)9-28-23-10-26(29(12-23)38(28)78-35)17-47(76,51(61,62)63)52(64,65)66/h21-40,76H,8-20H2,1-7H3. The Morgan fingerprint density at radius 1 is 0.578 bits per heavy atom. The fourth-order valence-electron chi connectivity index (χ4n) is 17.0.